The summed E-state index contributed by atoms with van der Waals surface area (Å²) in [6.45, 7) is 2.01. The van der Waals surface area contributed by atoms with Crippen LogP contribution in [0.5, 0.6) is 0 Å². The molecule has 4 rings (SSSR count). The van der Waals surface area contributed by atoms with Gasteiger partial charge in [-0.3, -0.25) is 19.8 Å². The molecule has 0 bridgehead atoms. The van der Waals surface area contributed by atoms with Gasteiger partial charge in [0, 0.05) is 17.9 Å². The molecule has 1 amide bonds. The quantitative estimate of drug-likeness (QED) is 0.300. The molecule has 2 fully saturated rings. The summed E-state index contributed by atoms with van der Waals surface area (Å²) in [6.07, 6.45) is 0. The lowest BCUT2D eigenvalue weighted by molar-refractivity contribution is -0.384. The van der Waals surface area contributed by atoms with Crippen LogP contribution in [-0.4, -0.2) is 45.2 Å². The summed E-state index contributed by atoms with van der Waals surface area (Å²) in [5, 5.41) is 11.2. The number of nitro groups is 1. The highest BCUT2D eigenvalue weighted by molar-refractivity contribution is 7.99. The van der Waals surface area contributed by atoms with Crippen LogP contribution < -0.4 is 4.90 Å². The number of carbonyl (C=O) groups is 2. The first-order chi connectivity index (χ1) is 14.4. The molecule has 8 nitrogen and oxygen atoms in total. The fraction of sp³-hybridized carbons (Fsp3) is 0.250. The van der Waals surface area contributed by atoms with Crippen LogP contribution in [0.15, 0.2) is 48.5 Å². The van der Waals surface area contributed by atoms with E-state index in [9.17, 15) is 19.7 Å². The van der Waals surface area contributed by atoms with Gasteiger partial charge in [0.1, 0.15) is 11.4 Å². The minimum atomic E-state index is -0.439. The summed E-state index contributed by atoms with van der Waals surface area (Å²) in [5.74, 6) is -0.0459. The molecule has 2 heterocycles. The van der Waals surface area contributed by atoms with Crippen LogP contribution in [-0.2, 0) is 9.53 Å². The van der Waals surface area contributed by atoms with E-state index in [0.29, 0.717) is 22.1 Å². The van der Waals surface area contributed by atoms with Crippen LogP contribution in [0.25, 0.3) is 0 Å². The van der Waals surface area contributed by atoms with Crippen molar-refractivity contribution in [3.05, 3.63) is 69.8 Å². The van der Waals surface area contributed by atoms with E-state index in [1.54, 1.807) is 43.3 Å². The lowest BCUT2D eigenvalue weighted by Gasteiger charge is -2.25. The van der Waals surface area contributed by atoms with Gasteiger partial charge in [0.2, 0.25) is 0 Å². The van der Waals surface area contributed by atoms with E-state index in [-0.39, 0.29) is 23.6 Å². The Morgan fingerprint density at radius 3 is 2.70 bits per heavy atom. The van der Waals surface area contributed by atoms with Gasteiger partial charge in [0.05, 0.1) is 22.8 Å². The monoisotopic (exact) mass is 443 g/mol. The van der Waals surface area contributed by atoms with Crippen molar-refractivity contribution in [2.75, 3.05) is 17.3 Å². The summed E-state index contributed by atoms with van der Waals surface area (Å²) < 4.78 is 4.98. The standard InChI is InChI=1S/C20H17N3O5S2/c1-2-28-19(25)12-6-8-14(9-7-12)21-17(24)16-11-30-18(22(16)20(21)29)13-4-3-5-15(10-13)23(26)27/h3-10,16,18H,2,11H2,1H3. The van der Waals surface area contributed by atoms with Crippen LogP contribution in [0.1, 0.15) is 28.2 Å². The van der Waals surface area contributed by atoms with Gasteiger partial charge in [-0.05, 0) is 49.0 Å². The van der Waals surface area contributed by atoms with Crippen LogP contribution in [0, 0.1) is 10.1 Å². The number of non-ortho nitro benzene ring substituents is 1. The highest BCUT2D eigenvalue weighted by Crippen LogP contribution is 2.46. The fourth-order valence-electron chi connectivity index (χ4n) is 3.54. The maximum Gasteiger partial charge on any atom is 0.338 e. The van der Waals surface area contributed by atoms with Gasteiger partial charge in [0.15, 0.2) is 5.11 Å². The van der Waals surface area contributed by atoms with Gasteiger partial charge >= 0.3 is 5.97 Å². The molecule has 2 aromatic carbocycles. The Morgan fingerprint density at radius 1 is 1.30 bits per heavy atom. The summed E-state index contributed by atoms with van der Waals surface area (Å²) >= 11 is 7.15. The summed E-state index contributed by atoms with van der Waals surface area (Å²) in [5.41, 5.74) is 1.68. The number of esters is 1. The molecule has 2 aromatic rings. The molecular weight excluding hydrogens is 426 g/mol. The van der Waals surface area contributed by atoms with Crippen molar-refractivity contribution in [2.24, 2.45) is 0 Å². The van der Waals surface area contributed by atoms with Crippen molar-refractivity contribution in [3.8, 4) is 0 Å². The van der Waals surface area contributed by atoms with Crippen molar-refractivity contribution in [1.29, 1.82) is 0 Å². The predicted molar refractivity (Wildman–Crippen MR) is 116 cm³/mol. The van der Waals surface area contributed by atoms with E-state index < -0.39 is 16.9 Å². The maximum absolute atomic E-state index is 13.1. The first kappa shape index (κ1) is 20.3. The summed E-state index contributed by atoms with van der Waals surface area (Å²) in [4.78, 5) is 38.9. The van der Waals surface area contributed by atoms with Gasteiger partial charge < -0.3 is 9.64 Å². The molecule has 2 saturated heterocycles. The highest BCUT2D eigenvalue weighted by atomic mass is 32.2. The first-order valence-corrected chi connectivity index (χ1v) is 10.7. The Hall–Kier alpha value is -2.98. The minimum Gasteiger partial charge on any atom is -0.462 e. The molecule has 30 heavy (non-hydrogen) atoms. The lowest BCUT2D eigenvalue weighted by Crippen LogP contribution is -2.33. The molecule has 0 aliphatic carbocycles. The van der Waals surface area contributed by atoms with Gasteiger partial charge in [-0.1, -0.05) is 12.1 Å². The number of hydrogen-bond donors (Lipinski definition) is 0. The Morgan fingerprint density at radius 2 is 2.03 bits per heavy atom. The number of nitro benzene ring substituents is 1. The summed E-state index contributed by atoms with van der Waals surface area (Å²) in [7, 11) is 0. The predicted octanol–water partition coefficient (Wildman–Crippen LogP) is 3.52. The zero-order valence-electron chi connectivity index (χ0n) is 15.9. The second-order valence-corrected chi connectivity index (χ2v) is 8.16. The molecule has 0 spiro atoms. The normalized spacial score (nSPS) is 20.4. The molecule has 0 radical (unpaired) electrons. The summed E-state index contributed by atoms with van der Waals surface area (Å²) in [6, 6.07) is 12.5. The van der Waals surface area contributed by atoms with Gasteiger partial charge in [0.25, 0.3) is 11.6 Å². The average Bonchev–Trinajstić information content (AvgIpc) is 3.29. The van der Waals surface area contributed by atoms with Crippen molar-refractivity contribution in [2.45, 2.75) is 18.3 Å². The van der Waals surface area contributed by atoms with E-state index >= 15 is 0 Å². The van der Waals surface area contributed by atoms with Crippen molar-refractivity contribution < 1.29 is 19.2 Å². The third-order valence-electron chi connectivity index (χ3n) is 4.92. The lowest BCUT2D eigenvalue weighted by atomic mass is 10.1. The number of fused-ring (bicyclic) bond motifs is 1. The number of hydrogen-bond acceptors (Lipinski definition) is 7. The average molecular weight is 444 g/mol. The molecule has 0 aromatic heterocycles. The van der Waals surface area contributed by atoms with Crippen LogP contribution in [0.3, 0.4) is 0 Å². The Bertz CT molecular complexity index is 1040. The molecule has 2 unspecified atom stereocenters. The van der Waals surface area contributed by atoms with E-state index in [4.69, 9.17) is 17.0 Å². The third kappa shape index (κ3) is 3.41. The molecule has 154 valence electrons. The zero-order valence-corrected chi connectivity index (χ0v) is 17.5. The van der Waals surface area contributed by atoms with Gasteiger partial charge in [-0.2, -0.15) is 0 Å². The largest absolute Gasteiger partial charge is 0.462 e. The number of nitrogens with zero attached hydrogens (tertiary/aromatic N) is 3. The Labute approximate surface area is 181 Å². The van der Waals surface area contributed by atoms with Crippen molar-refractivity contribution in [1.82, 2.24) is 4.90 Å². The Kier molecular flexibility index (Phi) is 5.44. The number of benzene rings is 2. The van der Waals surface area contributed by atoms with E-state index in [1.807, 2.05) is 4.90 Å². The third-order valence-corrected chi connectivity index (χ3v) is 6.64. The van der Waals surface area contributed by atoms with E-state index in [1.165, 1.54) is 28.8 Å². The van der Waals surface area contributed by atoms with Crippen LogP contribution in [0.4, 0.5) is 11.4 Å². The molecule has 10 heteroatoms. The number of rotatable bonds is 5. The fourth-order valence-corrected chi connectivity index (χ4v) is 5.45. The number of anilines is 1. The second kappa shape index (κ2) is 8.04. The second-order valence-electron chi connectivity index (χ2n) is 6.68. The van der Waals surface area contributed by atoms with E-state index in [0.717, 1.165) is 5.56 Å². The topological polar surface area (TPSA) is 93.0 Å². The molecular formula is C20H17N3O5S2. The maximum atomic E-state index is 13.1. The number of amides is 1. The number of ether oxygens (including phenoxy) is 1. The van der Waals surface area contributed by atoms with Gasteiger partial charge in [-0.25, -0.2) is 4.79 Å². The van der Waals surface area contributed by atoms with E-state index in [2.05, 4.69) is 0 Å². The number of carbonyl (C=O) groups excluding carboxylic acids is 2. The number of thioether (sulfide) groups is 1. The first-order valence-electron chi connectivity index (χ1n) is 9.21. The Balaban J connectivity index is 1.60. The van der Waals surface area contributed by atoms with Crippen LogP contribution >= 0.6 is 24.0 Å². The molecule has 2 aliphatic rings. The molecule has 0 N–H and O–H groups in total. The van der Waals surface area contributed by atoms with Crippen molar-refractivity contribution >= 4 is 52.3 Å². The highest BCUT2D eigenvalue weighted by Gasteiger charge is 2.51. The SMILES string of the molecule is CCOC(=O)c1ccc(N2C(=O)C3CSC(c4cccc([N+](=O)[O-])c4)N3C2=S)cc1. The molecule has 2 aliphatic heterocycles. The molecule has 0 saturated carbocycles. The number of thiocarbonyl (C=S) groups is 1. The van der Waals surface area contributed by atoms with Gasteiger partial charge in [-0.15, -0.1) is 11.8 Å². The zero-order chi connectivity index (χ0) is 21.4. The van der Waals surface area contributed by atoms with Crippen molar-refractivity contribution in [3.63, 3.8) is 0 Å². The smallest absolute Gasteiger partial charge is 0.338 e. The molecule has 2 atom stereocenters. The van der Waals surface area contributed by atoms with Crippen LogP contribution in [0.2, 0.25) is 0 Å². The minimum absolute atomic E-state index is 0.000554.